The second-order valence-electron chi connectivity index (χ2n) is 3.07. The van der Waals surface area contributed by atoms with E-state index in [-0.39, 0.29) is 11.4 Å². The highest BCUT2D eigenvalue weighted by Crippen LogP contribution is 2.23. The molecule has 0 saturated heterocycles. The van der Waals surface area contributed by atoms with Crippen LogP contribution >= 0.6 is 0 Å². The monoisotopic (exact) mass is 196 g/mol. The SMILES string of the molecule is N#Cc1ncc(-c2ccccc2)cc1O. The van der Waals surface area contributed by atoms with Crippen molar-refractivity contribution in [1.82, 2.24) is 4.98 Å². The van der Waals surface area contributed by atoms with Gasteiger partial charge in [-0.15, -0.1) is 0 Å². The fraction of sp³-hybridized carbons (Fsp3) is 0. The standard InChI is InChI=1S/C12H8N2O/c13-7-11-12(15)6-10(8-14-11)9-4-2-1-3-5-9/h1-6,8,15H. The Hall–Kier alpha value is -2.34. The van der Waals surface area contributed by atoms with E-state index < -0.39 is 0 Å². The van der Waals surface area contributed by atoms with Crippen LogP contribution in [0.15, 0.2) is 42.6 Å². The van der Waals surface area contributed by atoms with Gasteiger partial charge in [0, 0.05) is 11.8 Å². The fourth-order valence-corrected chi connectivity index (χ4v) is 1.33. The van der Waals surface area contributed by atoms with Crippen molar-refractivity contribution in [1.29, 1.82) is 5.26 Å². The Balaban J connectivity index is 2.49. The first-order valence-corrected chi connectivity index (χ1v) is 4.46. The van der Waals surface area contributed by atoms with E-state index in [1.165, 1.54) is 0 Å². The normalized spacial score (nSPS) is 9.53. The molecule has 0 radical (unpaired) electrons. The zero-order chi connectivity index (χ0) is 10.7. The first kappa shape index (κ1) is 9.22. The minimum atomic E-state index is -0.0844. The van der Waals surface area contributed by atoms with E-state index in [0.717, 1.165) is 11.1 Å². The molecule has 1 aromatic heterocycles. The third kappa shape index (κ3) is 1.79. The van der Waals surface area contributed by atoms with Gasteiger partial charge in [0.25, 0.3) is 0 Å². The molecule has 0 spiro atoms. The number of aromatic nitrogens is 1. The molecule has 2 aromatic rings. The van der Waals surface area contributed by atoms with Crippen molar-refractivity contribution in [3.63, 3.8) is 0 Å². The molecule has 0 atom stereocenters. The van der Waals surface area contributed by atoms with Crippen molar-refractivity contribution in [2.24, 2.45) is 0 Å². The summed E-state index contributed by atoms with van der Waals surface area (Å²) in [6.45, 7) is 0. The molecule has 1 N–H and O–H groups in total. The van der Waals surface area contributed by atoms with Crippen molar-refractivity contribution in [3.05, 3.63) is 48.3 Å². The highest BCUT2D eigenvalue weighted by atomic mass is 16.3. The molecule has 1 aromatic carbocycles. The van der Waals surface area contributed by atoms with Gasteiger partial charge in [0.05, 0.1) is 0 Å². The third-order valence-electron chi connectivity index (χ3n) is 2.08. The van der Waals surface area contributed by atoms with Crippen LogP contribution in [0.2, 0.25) is 0 Å². The highest BCUT2D eigenvalue weighted by molar-refractivity contribution is 5.64. The number of nitriles is 1. The number of rotatable bonds is 1. The molecular weight excluding hydrogens is 188 g/mol. The number of benzene rings is 1. The van der Waals surface area contributed by atoms with E-state index in [2.05, 4.69) is 4.98 Å². The molecule has 0 aliphatic heterocycles. The molecule has 0 fully saturated rings. The second-order valence-corrected chi connectivity index (χ2v) is 3.07. The maximum atomic E-state index is 9.47. The largest absolute Gasteiger partial charge is 0.505 e. The van der Waals surface area contributed by atoms with E-state index in [0.29, 0.717) is 0 Å². The maximum Gasteiger partial charge on any atom is 0.182 e. The molecule has 0 unspecified atom stereocenters. The summed E-state index contributed by atoms with van der Waals surface area (Å²) in [7, 11) is 0. The summed E-state index contributed by atoms with van der Waals surface area (Å²) < 4.78 is 0. The van der Waals surface area contributed by atoms with E-state index in [9.17, 15) is 5.11 Å². The first-order chi connectivity index (χ1) is 7.31. The topological polar surface area (TPSA) is 56.9 Å². The lowest BCUT2D eigenvalue weighted by molar-refractivity contribution is 0.471. The average molecular weight is 196 g/mol. The Kier molecular flexibility index (Phi) is 2.34. The predicted octanol–water partition coefficient (Wildman–Crippen LogP) is 2.33. The molecule has 0 aliphatic rings. The molecule has 72 valence electrons. The number of pyridine rings is 1. The van der Waals surface area contributed by atoms with Gasteiger partial charge in [0.2, 0.25) is 0 Å². The lowest BCUT2D eigenvalue weighted by atomic mass is 10.1. The van der Waals surface area contributed by atoms with E-state index in [1.807, 2.05) is 36.4 Å². The number of aromatic hydroxyl groups is 1. The average Bonchev–Trinajstić information content (AvgIpc) is 2.30. The Bertz CT molecular complexity index is 515. The summed E-state index contributed by atoms with van der Waals surface area (Å²) in [5.74, 6) is -0.0844. The maximum absolute atomic E-state index is 9.47. The van der Waals surface area contributed by atoms with Crippen molar-refractivity contribution in [3.8, 4) is 22.9 Å². The quantitative estimate of drug-likeness (QED) is 0.761. The zero-order valence-electron chi connectivity index (χ0n) is 7.88. The Labute approximate surface area is 87.3 Å². The molecule has 0 amide bonds. The lowest BCUT2D eigenvalue weighted by Gasteiger charge is -2.01. The van der Waals surface area contributed by atoms with Crippen LogP contribution in [0.3, 0.4) is 0 Å². The first-order valence-electron chi connectivity index (χ1n) is 4.46. The van der Waals surface area contributed by atoms with Gasteiger partial charge in [-0.3, -0.25) is 0 Å². The Morgan fingerprint density at radius 1 is 1.13 bits per heavy atom. The summed E-state index contributed by atoms with van der Waals surface area (Å²) in [5, 5.41) is 18.1. The van der Waals surface area contributed by atoms with Crippen LogP contribution < -0.4 is 0 Å². The lowest BCUT2D eigenvalue weighted by Crippen LogP contribution is -1.85. The molecule has 0 bridgehead atoms. The minimum Gasteiger partial charge on any atom is -0.505 e. The van der Waals surface area contributed by atoms with Gasteiger partial charge in [0.15, 0.2) is 11.4 Å². The summed E-state index contributed by atoms with van der Waals surface area (Å²) in [4.78, 5) is 3.86. The summed E-state index contributed by atoms with van der Waals surface area (Å²) >= 11 is 0. The van der Waals surface area contributed by atoms with Gasteiger partial charge in [-0.05, 0) is 11.6 Å². The molecule has 3 heteroatoms. The van der Waals surface area contributed by atoms with Crippen LogP contribution in [0.5, 0.6) is 5.75 Å². The highest BCUT2D eigenvalue weighted by Gasteiger charge is 2.04. The van der Waals surface area contributed by atoms with Gasteiger partial charge >= 0.3 is 0 Å². The number of nitrogens with zero attached hydrogens (tertiary/aromatic N) is 2. The van der Waals surface area contributed by atoms with E-state index in [4.69, 9.17) is 5.26 Å². The Morgan fingerprint density at radius 2 is 1.87 bits per heavy atom. The van der Waals surface area contributed by atoms with Crippen molar-refractivity contribution >= 4 is 0 Å². The number of hydrogen-bond donors (Lipinski definition) is 1. The van der Waals surface area contributed by atoms with Crippen LogP contribution in [0.25, 0.3) is 11.1 Å². The van der Waals surface area contributed by atoms with Crippen LogP contribution in [0.4, 0.5) is 0 Å². The van der Waals surface area contributed by atoms with Crippen LogP contribution in [0, 0.1) is 11.3 Å². The van der Waals surface area contributed by atoms with Gasteiger partial charge in [-0.2, -0.15) is 5.26 Å². The summed E-state index contributed by atoms with van der Waals surface area (Å²) in [5.41, 5.74) is 1.81. The second kappa shape index (κ2) is 3.81. The van der Waals surface area contributed by atoms with Crippen molar-refractivity contribution < 1.29 is 5.11 Å². The molecule has 2 rings (SSSR count). The molecule has 0 aliphatic carbocycles. The molecule has 3 nitrogen and oxygen atoms in total. The Morgan fingerprint density at radius 3 is 2.47 bits per heavy atom. The van der Waals surface area contributed by atoms with Crippen LogP contribution in [-0.2, 0) is 0 Å². The van der Waals surface area contributed by atoms with Gasteiger partial charge in [-0.1, -0.05) is 30.3 Å². The summed E-state index contributed by atoms with van der Waals surface area (Å²) in [6.07, 6.45) is 1.58. The fourth-order valence-electron chi connectivity index (χ4n) is 1.33. The molecule has 15 heavy (non-hydrogen) atoms. The van der Waals surface area contributed by atoms with E-state index >= 15 is 0 Å². The van der Waals surface area contributed by atoms with Crippen molar-refractivity contribution in [2.45, 2.75) is 0 Å². The van der Waals surface area contributed by atoms with Gasteiger partial charge < -0.3 is 5.11 Å². The predicted molar refractivity (Wildman–Crippen MR) is 56.1 cm³/mol. The minimum absolute atomic E-state index is 0.0506. The van der Waals surface area contributed by atoms with Gasteiger partial charge in [0.1, 0.15) is 6.07 Å². The van der Waals surface area contributed by atoms with Gasteiger partial charge in [-0.25, -0.2) is 4.98 Å². The molecule has 0 saturated carbocycles. The molecular formula is C12H8N2O. The van der Waals surface area contributed by atoms with E-state index in [1.54, 1.807) is 12.3 Å². The third-order valence-corrected chi connectivity index (χ3v) is 2.08. The molecule has 1 heterocycles. The van der Waals surface area contributed by atoms with Crippen LogP contribution in [-0.4, -0.2) is 10.1 Å². The smallest absolute Gasteiger partial charge is 0.182 e. The zero-order valence-corrected chi connectivity index (χ0v) is 7.88. The number of hydrogen-bond acceptors (Lipinski definition) is 3. The van der Waals surface area contributed by atoms with Crippen molar-refractivity contribution in [2.75, 3.05) is 0 Å². The summed E-state index contributed by atoms with van der Waals surface area (Å²) in [6, 6.07) is 12.9. The van der Waals surface area contributed by atoms with Crippen LogP contribution in [0.1, 0.15) is 5.69 Å².